The summed E-state index contributed by atoms with van der Waals surface area (Å²) in [4.78, 5) is 23.1. The van der Waals surface area contributed by atoms with Gasteiger partial charge in [0.25, 0.3) is 5.91 Å². The second-order valence-corrected chi connectivity index (χ2v) is 6.67. The van der Waals surface area contributed by atoms with Crippen molar-refractivity contribution in [3.05, 3.63) is 47.5 Å². The van der Waals surface area contributed by atoms with E-state index >= 15 is 0 Å². The number of carbonyl (C=O) groups is 1. The van der Waals surface area contributed by atoms with Crippen LogP contribution in [0.25, 0.3) is 11.3 Å². The van der Waals surface area contributed by atoms with Crippen LogP contribution in [0.4, 0.5) is 0 Å². The highest BCUT2D eigenvalue weighted by atomic mass is 16.5. The van der Waals surface area contributed by atoms with Crippen LogP contribution in [0.1, 0.15) is 34.1 Å². The Morgan fingerprint density at radius 2 is 2.27 bits per heavy atom. The molecule has 0 saturated carbocycles. The number of rotatable bonds is 4. The second-order valence-electron chi connectivity index (χ2n) is 6.67. The molecule has 1 aliphatic heterocycles. The van der Waals surface area contributed by atoms with Crippen molar-refractivity contribution in [2.24, 2.45) is 5.92 Å². The molecule has 8 heteroatoms. The summed E-state index contributed by atoms with van der Waals surface area (Å²) in [5, 5.41) is 10.6. The number of hydrogen-bond acceptors (Lipinski definition) is 6. The van der Waals surface area contributed by atoms with Gasteiger partial charge in [0, 0.05) is 25.0 Å². The fraction of sp³-hybridized carbons (Fsp3) is 0.389. The van der Waals surface area contributed by atoms with Crippen LogP contribution >= 0.6 is 0 Å². The Hall–Kier alpha value is -3.03. The molecule has 3 aromatic heterocycles. The maximum Gasteiger partial charge on any atom is 0.271 e. The molecule has 134 valence electrons. The number of H-pyrrole nitrogens is 1. The SMILES string of the molecule is Cc1noc(C)c1-c1cc(CC2CCN(C(=O)c3ccn[nH]3)C2)ncn1. The molecule has 0 bridgehead atoms. The maximum absolute atomic E-state index is 12.4. The van der Waals surface area contributed by atoms with Crippen molar-refractivity contribution in [3.8, 4) is 11.3 Å². The van der Waals surface area contributed by atoms with Gasteiger partial charge in [0.15, 0.2) is 0 Å². The molecule has 1 atom stereocenters. The highest BCUT2D eigenvalue weighted by molar-refractivity contribution is 5.92. The third-order valence-electron chi connectivity index (χ3n) is 4.82. The zero-order valence-corrected chi connectivity index (χ0v) is 14.8. The molecule has 1 fully saturated rings. The quantitative estimate of drug-likeness (QED) is 0.772. The molecule has 0 radical (unpaired) electrons. The smallest absolute Gasteiger partial charge is 0.271 e. The minimum absolute atomic E-state index is 0.00379. The van der Waals surface area contributed by atoms with E-state index in [4.69, 9.17) is 4.52 Å². The fourth-order valence-electron chi connectivity index (χ4n) is 3.52. The minimum Gasteiger partial charge on any atom is -0.361 e. The Labute approximate surface area is 150 Å². The van der Waals surface area contributed by atoms with Crippen LogP contribution in [-0.2, 0) is 6.42 Å². The van der Waals surface area contributed by atoms with Crippen LogP contribution in [0.3, 0.4) is 0 Å². The van der Waals surface area contributed by atoms with Crippen molar-refractivity contribution in [3.63, 3.8) is 0 Å². The van der Waals surface area contributed by atoms with E-state index in [2.05, 4.69) is 25.3 Å². The second kappa shape index (κ2) is 6.70. The van der Waals surface area contributed by atoms with Crippen molar-refractivity contribution < 1.29 is 9.32 Å². The van der Waals surface area contributed by atoms with E-state index in [1.54, 1.807) is 18.6 Å². The summed E-state index contributed by atoms with van der Waals surface area (Å²) in [5.74, 6) is 1.14. The summed E-state index contributed by atoms with van der Waals surface area (Å²) in [6.45, 7) is 5.27. The van der Waals surface area contributed by atoms with E-state index < -0.39 is 0 Å². The molecule has 1 aliphatic rings. The van der Waals surface area contributed by atoms with Gasteiger partial charge in [-0.25, -0.2) is 9.97 Å². The van der Waals surface area contributed by atoms with Gasteiger partial charge in [-0.05, 0) is 44.7 Å². The van der Waals surface area contributed by atoms with Gasteiger partial charge in [-0.15, -0.1) is 0 Å². The van der Waals surface area contributed by atoms with Gasteiger partial charge < -0.3 is 9.42 Å². The molecule has 4 rings (SSSR count). The summed E-state index contributed by atoms with van der Waals surface area (Å²) < 4.78 is 5.24. The van der Waals surface area contributed by atoms with Gasteiger partial charge in [0.2, 0.25) is 0 Å². The number of nitrogens with one attached hydrogen (secondary N) is 1. The first kappa shape index (κ1) is 16.4. The monoisotopic (exact) mass is 352 g/mol. The predicted molar refractivity (Wildman–Crippen MR) is 93.3 cm³/mol. The number of carbonyl (C=O) groups excluding carboxylic acids is 1. The Morgan fingerprint density at radius 1 is 1.38 bits per heavy atom. The van der Waals surface area contributed by atoms with Crippen LogP contribution in [-0.4, -0.2) is 49.2 Å². The molecule has 1 N–H and O–H groups in total. The van der Waals surface area contributed by atoms with Crippen LogP contribution in [0, 0.1) is 19.8 Å². The first-order valence-electron chi connectivity index (χ1n) is 8.64. The van der Waals surface area contributed by atoms with Crippen LogP contribution in [0.5, 0.6) is 0 Å². The van der Waals surface area contributed by atoms with E-state index in [0.29, 0.717) is 11.6 Å². The number of aromatic nitrogens is 5. The summed E-state index contributed by atoms with van der Waals surface area (Å²) in [7, 11) is 0. The molecule has 26 heavy (non-hydrogen) atoms. The number of aromatic amines is 1. The Bertz CT molecular complexity index is 898. The third-order valence-corrected chi connectivity index (χ3v) is 4.82. The lowest BCUT2D eigenvalue weighted by Crippen LogP contribution is -2.29. The van der Waals surface area contributed by atoms with Crippen molar-refractivity contribution in [2.75, 3.05) is 13.1 Å². The van der Waals surface area contributed by atoms with Crippen LogP contribution < -0.4 is 0 Å². The number of amides is 1. The Kier molecular flexibility index (Phi) is 4.24. The lowest BCUT2D eigenvalue weighted by Gasteiger charge is -2.15. The average Bonchev–Trinajstić information content (AvgIpc) is 3.37. The Morgan fingerprint density at radius 3 is 3.00 bits per heavy atom. The molecule has 4 heterocycles. The molecule has 1 unspecified atom stereocenters. The average molecular weight is 352 g/mol. The molecule has 0 aromatic carbocycles. The highest BCUT2D eigenvalue weighted by Crippen LogP contribution is 2.27. The molecular formula is C18H20N6O2. The van der Waals surface area contributed by atoms with Crippen molar-refractivity contribution in [2.45, 2.75) is 26.7 Å². The lowest BCUT2D eigenvalue weighted by molar-refractivity contribution is 0.0781. The fourth-order valence-corrected chi connectivity index (χ4v) is 3.52. The maximum atomic E-state index is 12.4. The summed E-state index contributed by atoms with van der Waals surface area (Å²) in [6, 6.07) is 3.70. The molecule has 3 aromatic rings. The van der Waals surface area contributed by atoms with E-state index in [9.17, 15) is 4.79 Å². The van der Waals surface area contributed by atoms with Crippen molar-refractivity contribution in [1.82, 2.24) is 30.2 Å². The summed E-state index contributed by atoms with van der Waals surface area (Å²) >= 11 is 0. The third kappa shape index (κ3) is 3.10. The van der Waals surface area contributed by atoms with Gasteiger partial charge in [-0.2, -0.15) is 5.10 Å². The summed E-state index contributed by atoms with van der Waals surface area (Å²) in [6.07, 6.45) is 4.95. The van der Waals surface area contributed by atoms with Crippen LogP contribution in [0.2, 0.25) is 0 Å². The first-order valence-corrected chi connectivity index (χ1v) is 8.64. The zero-order valence-electron chi connectivity index (χ0n) is 14.8. The number of hydrogen-bond donors (Lipinski definition) is 1. The topological polar surface area (TPSA) is 101 Å². The van der Waals surface area contributed by atoms with Crippen molar-refractivity contribution in [1.29, 1.82) is 0 Å². The van der Waals surface area contributed by atoms with E-state index in [0.717, 1.165) is 54.3 Å². The Balaban J connectivity index is 1.45. The van der Waals surface area contributed by atoms with Crippen LogP contribution in [0.15, 0.2) is 29.2 Å². The van der Waals surface area contributed by atoms with Gasteiger partial charge in [0.05, 0.1) is 17.0 Å². The van der Waals surface area contributed by atoms with Gasteiger partial charge in [-0.3, -0.25) is 9.89 Å². The molecule has 0 spiro atoms. The molecule has 0 aliphatic carbocycles. The standard InChI is InChI=1S/C18H20N6O2/c1-11-17(12(2)26-23-11)16-8-14(19-10-20-16)7-13-4-6-24(9-13)18(25)15-3-5-21-22-15/h3,5,8,10,13H,4,6-7,9H2,1-2H3,(H,21,22). The summed E-state index contributed by atoms with van der Waals surface area (Å²) in [5.41, 5.74) is 4.08. The van der Waals surface area contributed by atoms with Gasteiger partial charge in [-0.1, -0.05) is 5.16 Å². The van der Waals surface area contributed by atoms with Crippen molar-refractivity contribution >= 4 is 5.91 Å². The molecular weight excluding hydrogens is 332 g/mol. The first-order chi connectivity index (χ1) is 12.6. The van der Waals surface area contributed by atoms with E-state index in [1.807, 2.05) is 24.8 Å². The number of likely N-dealkylation sites (tertiary alicyclic amines) is 1. The predicted octanol–water partition coefficient (Wildman–Crippen LogP) is 2.18. The number of nitrogens with zero attached hydrogens (tertiary/aromatic N) is 5. The largest absolute Gasteiger partial charge is 0.361 e. The van der Waals surface area contributed by atoms with E-state index in [-0.39, 0.29) is 5.91 Å². The number of aryl methyl sites for hydroxylation is 2. The lowest BCUT2D eigenvalue weighted by atomic mass is 10.0. The minimum atomic E-state index is 0.00379. The van der Waals surface area contributed by atoms with Gasteiger partial charge in [0.1, 0.15) is 17.8 Å². The molecule has 1 amide bonds. The van der Waals surface area contributed by atoms with E-state index in [1.165, 1.54) is 0 Å². The normalized spacial score (nSPS) is 17.0. The molecule has 8 nitrogen and oxygen atoms in total. The molecule has 1 saturated heterocycles. The van der Waals surface area contributed by atoms with Gasteiger partial charge >= 0.3 is 0 Å². The zero-order chi connectivity index (χ0) is 18.1. The highest BCUT2D eigenvalue weighted by Gasteiger charge is 2.28.